The van der Waals surface area contributed by atoms with Crippen LogP contribution < -0.4 is 0 Å². The van der Waals surface area contributed by atoms with E-state index >= 15 is 0 Å². The Hall–Kier alpha value is -1.56. The third-order valence-corrected chi connectivity index (χ3v) is 7.83. The van der Waals surface area contributed by atoms with Crippen molar-refractivity contribution in [2.45, 2.75) is 96.8 Å². The largest absolute Gasteiger partial charge is 0.0654 e. The average molecular weight is 373 g/mol. The van der Waals surface area contributed by atoms with Crippen LogP contribution in [0.2, 0.25) is 0 Å². The van der Waals surface area contributed by atoms with E-state index in [1.807, 2.05) is 0 Å². The average Bonchev–Trinajstić information content (AvgIpc) is 2.82. The lowest BCUT2D eigenvalue weighted by atomic mass is 9.77. The molecule has 2 aromatic rings. The van der Waals surface area contributed by atoms with Gasteiger partial charge in [0.2, 0.25) is 0 Å². The fourth-order valence-corrected chi connectivity index (χ4v) is 6.35. The fraction of sp³-hybridized carbons (Fsp3) is 0.571. The molecule has 0 nitrogen and oxygen atoms in total. The molecule has 0 aliphatic heterocycles. The number of aryl methyl sites for hydroxylation is 4. The molecule has 2 aromatic carbocycles. The Morgan fingerprint density at radius 1 is 0.607 bits per heavy atom. The standard InChI is InChI=1S/C28H36/c1-2-7-20-12-14-23-18-16-21-8-3-5-10-25(21)27(23)28-24(15-13-20)19-17-22-9-4-6-11-26(22)28/h16-20H,2-15H2,1H3. The summed E-state index contributed by atoms with van der Waals surface area (Å²) in [6, 6.07) is 10.0. The molecule has 3 aliphatic rings. The highest BCUT2D eigenvalue weighted by molar-refractivity contribution is 5.80. The van der Waals surface area contributed by atoms with Crippen LogP contribution in [0, 0.1) is 5.92 Å². The number of rotatable bonds is 2. The second kappa shape index (κ2) is 8.05. The lowest BCUT2D eigenvalue weighted by molar-refractivity contribution is 0.417. The molecule has 0 heteroatoms. The summed E-state index contributed by atoms with van der Waals surface area (Å²) in [6.45, 7) is 2.36. The first kappa shape index (κ1) is 18.5. The van der Waals surface area contributed by atoms with E-state index in [0.29, 0.717) is 0 Å². The van der Waals surface area contributed by atoms with Gasteiger partial charge >= 0.3 is 0 Å². The van der Waals surface area contributed by atoms with Gasteiger partial charge in [0.05, 0.1) is 0 Å². The van der Waals surface area contributed by atoms with E-state index in [0.717, 1.165) is 5.92 Å². The molecule has 0 unspecified atom stereocenters. The van der Waals surface area contributed by atoms with Crippen molar-refractivity contribution in [3.63, 3.8) is 0 Å². The van der Waals surface area contributed by atoms with E-state index in [1.165, 1.54) is 89.9 Å². The summed E-state index contributed by atoms with van der Waals surface area (Å²) >= 11 is 0. The summed E-state index contributed by atoms with van der Waals surface area (Å²) in [6.07, 6.45) is 18.8. The predicted molar refractivity (Wildman–Crippen MR) is 120 cm³/mol. The topological polar surface area (TPSA) is 0 Å². The Labute approximate surface area is 171 Å². The van der Waals surface area contributed by atoms with Crippen LogP contribution in [0.1, 0.15) is 91.7 Å². The molecular formula is C28H36. The van der Waals surface area contributed by atoms with Gasteiger partial charge in [0.1, 0.15) is 0 Å². The number of benzene rings is 2. The van der Waals surface area contributed by atoms with Crippen LogP contribution in [-0.4, -0.2) is 0 Å². The van der Waals surface area contributed by atoms with Gasteiger partial charge in [-0.05, 0) is 127 Å². The summed E-state index contributed by atoms with van der Waals surface area (Å²) in [4.78, 5) is 0. The predicted octanol–water partition coefficient (Wildman–Crippen LogP) is 7.41. The van der Waals surface area contributed by atoms with Gasteiger partial charge in [0.15, 0.2) is 0 Å². The second-order valence-corrected chi connectivity index (χ2v) is 9.62. The van der Waals surface area contributed by atoms with Crippen molar-refractivity contribution in [3.05, 3.63) is 57.6 Å². The van der Waals surface area contributed by atoms with E-state index in [9.17, 15) is 0 Å². The molecule has 0 fully saturated rings. The molecule has 0 saturated carbocycles. The van der Waals surface area contributed by atoms with Gasteiger partial charge < -0.3 is 0 Å². The zero-order valence-corrected chi connectivity index (χ0v) is 17.8. The second-order valence-electron chi connectivity index (χ2n) is 9.62. The molecule has 148 valence electrons. The third-order valence-electron chi connectivity index (χ3n) is 7.83. The van der Waals surface area contributed by atoms with Crippen molar-refractivity contribution in [2.75, 3.05) is 0 Å². The number of hydrogen-bond acceptors (Lipinski definition) is 0. The molecule has 0 bridgehead atoms. The van der Waals surface area contributed by atoms with Crippen LogP contribution in [-0.2, 0) is 38.5 Å². The number of hydrogen-bond donors (Lipinski definition) is 0. The van der Waals surface area contributed by atoms with E-state index < -0.39 is 0 Å². The summed E-state index contributed by atoms with van der Waals surface area (Å²) < 4.78 is 0. The third kappa shape index (κ3) is 3.34. The Morgan fingerprint density at radius 2 is 1.07 bits per heavy atom. The van der Waals surface area contributed by atoms with Gasteiger partial charge in [-0.15, -0.1) is 0 Å². The Bertz CT molecular complexity index is 787. The molecule has 3 aliphatic carbocycles. The van der Waals surface area contributed by atoms with Crippen molar-refractivity contribution < 1.29 is 0 Å². The quantitative estimate of drug-likeness (QED) is 0.515. The molecule has 0 saturated heterocycles. The summed E-state index contributed by atoms with van der Waals surface area (Å²) in [7, 11) is 0. The summed E-state index contributed by atoms with van der Waals surface area (Å²) in [5, 5.41) is 0. The zero-order valence-electron chi connectivity index (χ0n) is 17.8. The molecule has 0 amide bonds. The molecule has 0 radical (unpaired) electrons. The van der Waals surface area contributed by atoms with Gasteiger partial charge in [-0.25, -0.2) is 0 Å². The first-order valence-electron chi connectivity index (χ1n) is 12.1. The van der Waals surface area contributed by atoms with Crippen LogP contribution in [0.15, 0.2) is 24.3 Å². The Balaban J connectivity index is 1.73. The van der Waals surface area contributed by atoms with E-state index in [2.05, 4.69) is 31.2 Å². The van der Waals surface area contributed by atoms with Crippen molar-refractivity contribution in [1.29, 1.82) is 0 Å². The molecule has 0 N–H and O–H groups in total. The maximum Gasteiger partial charge on any atom is -0.0111 e. The van der Waals surface area contributed by atoms with Crippen LogP contribution in [0.25, 0.3) is 11.1 Å². The normalized spacial score (nSPS) is 19.5. The Kier molecular flexibility index (Phi) is 5.31. The fourth-order valence-electron chi connectivity index (χ4n) is 6.35. The highest BCUT2D eigenvalue weighted by atomic mass is 14.3. The molecular weight excluding hydrogens is 336 g/mol. The molecule has 0 aromatic heterocycles. The smallest absolute Gasteiger partial charge is 0.0111 e. The van der Waals surface area contributed by atoms with Crippen LogP contribution in [0.3, 0.4) is 0 Å². The lowest BCUT2D eigenvalue weighted by Gasteiger charge is -2.28. The maximum absolute atomic E-state index is 2.53. The zero-order chi connectivity index (χ0) is 18.9. The minimum Gasteiger partial charge on any atom is -0.0654 e. The first-order chi connectivity index (χ1) is 13.8. The van der Waals surface area contributed by atoms with Gasteiger partial charge in [0, 0.05) is 0 Å². The number of fused-ring (bicyclic) bond motifs is 7. The monoisotopic (exact) mass is 372 g/mol. The van der Waals surface area contributed by atoms with E-state index in [1.54, 1.807) is 44.5 Å². The first-order valence-corrected chi connectivity index (χ1v) is 12.1. The van der Waals surface area contributed by atoms with Crippen molar-refractivity contribution in [2.24, 2.45) is 5.92 Å². The van der Waals surface area contributed by atoms with Crippen molar-refractivity contribution in [3.8, 4) is 11.1 Å². The van der Waals surface area contributed by atoms with Gasteiger partial charge in [-0.2, -0.15) is 0 Å². The van der Waals surface area contributed by atoms with Gasteiger partial charge in [-0.1, -0.05) is 44.0 Å². The highest BCUT2D eigenvalue weighted by Crippen LogP contribution is 2.43. The van der Waals surface area contributed by atoms with Crippen LogP contribution in [0.4, 0.5) is 0 Å². The molecule has 28 heavy (non-hydrogen) atoms. The van der Waals surface area contributed by atoms with Crippen molar-refractivity contribution >= 4 is 0 Å². The van der Waals surface area contributed by atoms with Gasteiger partial charge in [-0.3, -0.25) is 0 Å². The molecule has 0 atom stereocenters. The molecule has 0 spiro atoms. The Morgan fingerprint density at radius 3 is 1.57 bits per heavy atom. The lowest BCUT2D eigenvalue weighted by Crippen LogP contribution is -2.12. The van der Waals surface area contributed by atoms with E-state index in [4.69, 9.17) is 0 Å². The summed E-state index contributed by atoms with van der Waals surface area (Å²) in [5.74, 6) is 0.899. The van der Waals surface area contributed by atoms with E-state index in [-0.39, 0.29) is 0 Å². The highest BCUT2D eigenvalue weighted by Gasteiger charge is 2.26. The minimum atomic E-state index is 0.899. The minimum absolute atomic E-state index is 0.899. The molecule has 0 heterocycles. The van der Waals surface area contributed by atoms with Gasteiger partial charge in [0.25, 0.3) is 0 Å². The van der Waals surface area contributed by atoms with Crippen LogP contribution >= 0.6 is 0 Å². The van der Waals surface area contributed by atoms with Crippen LogP contribution in [0.5, 0.6) is 0 Å². The SMILES string of the molecule is CCCC1CCc2ccc3c(c2-c2c(ccc4c2CCCC4)CC1)CCCC3. The maximum atomic E-state index is 2.53. The van der Waals surface area contributed by atoms with Crippen molar-refractivity contribution in [1.82, 2.24) is 0 Å². The molecule has 5 rings (SSSR count). The summed E-state index contributed by atoms with van der Waals surface area (Å²) in [5.41, 5.74) is 13.6.